The van der Waals surface area contributed by atoms with Crippen molar-refractivity contribution in [2.24, 2.45) is 0 Å². The van der Waals surface area contributed by atoms with E-state index in [-0.39, 0.29) is 5.97 Å². The first-order chi connectivity index (χ1) is 12.1. The fourth-order valence-electron chi connectivity index (χ4n) is 3.17. The van der Waals surface area contributed by atoms with Crippen LogP contribution in [0.1, 0.15) is 10.4 Å². The van der Waals surface area contributed by atoms with Crippen LogP contribution in [0, 0.1) is 0 Å². The van der Waals surface area contributed by atoms with Crippen LogP contribution < -0.4 is 0 Å². The van der Waals surface area contributed by atoms with Crippen LogP contribution in [0.25, 0.3) is 32.9 Å². The molecule has 0 aliphatic rings. The number of benzene rings is 3. The Kier molecular flexibility index (Phi) is 4.13. The predicted molar refractivity (Wildman–Crippen MR) is 108 cm³/mol. The van der Waals surface area contributed by atoms with Crippen LogP contribution in [-0.4, -0.2) is 18.1 Å². The van der Waals surface area contributed by atoms with Crippen molar-refractivity contribution >= 4 is 59.6 Å². The maximum absolute atomic E-state index is 12.3. The molecule has 1 N–H and O–H groups in total. The minimum absolute atomic E-state index is 0.355. The summed E-state index contributed by atoms with van der Waals surface area (Å²) in [5.74, 6) is -0.355. The number of carbonyl (C=O) groups is 1. The molecular weight excluding hydrogens is 446 g/mol. The molecule has 25 heavy (non-hydrogen) atoms. The Labute approximate surface area is 161 Å². The van der Waals surface area contributed by atoms with Crippen molar-refractivity contribution in [2.75, 3.05) is 7.11 Å². The summed E-state index contributed by atoms with van der Waals surface area (Å²) in [6.07, 6.45) is 0. The third-order valence-electron chi connectivity index (χ3n) is 4.30. The Balaban J connectivity index is 2.16. The van der Waals surface area contributed by atoms with Crippen molar-refractivity contribution in [3.63, 3.8) is 0 Å². The lowest BCUT2D eigenvalue weighted by molar-refractivity contribution is 0.0601. The number of aromatic nitrogens is 1. The lowest BCUT2D eigenvalue weighted by atomic mass is 9.97. The van der Waals surface area contributed by atoms with Gasteiger partial charge < -0.3 is 9.72 Å². The van der Waals surface area contributed by atoms with E-state index >= 15 is 0 Å². The number of nitrogens with one attached hydrogen (secondary N) is 1. The van der Waals surface area contributed by atoms with Crippen LogP contribution >= 0.6 is 31.9 Å². The lowest BCUT2D eigenvalue weighted by Gasteiger charge is -2.12. The average Bonchev–Trinajstić information content (AvgIpc) is 3.00. The van der Waals surface area contributed by atoms with Crippen LogP contribution in [0.2, 0.25) is 0 Å². The van der Waals surface area contributed by atoms with Crippen LogP contribution in [-0.2, 0) is 4.74 Å². The second-order valence-electron chi connectivity index (χ2n) is 5.68. The monoisotopic (exact) mass is 457 g/mol. The summed E-state index contributed by atoms with van der Waals surface area (Å²) >= 11 is 7.32. The van der Waals surface area contributed by atoms with Crippen molar-refractivity contribution in [3.8, 4) is 11.1 Å². The largest absolute Gasteiger partial charge is 0.465 e. The summed E-state index contributed by atoms with van der Waals surface area (Å²) in [7, 11) is 1.40. The Morgan fingerprint density at radius 1 is 1.00 bits per heavy atom. The second kappa shape index (κ2) is 6.32. The number of aromatic amines is 1. The number of halogens is 2. The van der Waals surface area contributed by atoms with Gasteiger partial charge in [0, 0.05) is 30.8 Å². The second-order valence-corrected chi connectivity index (χ2v) is 7.33. The molecule has 0 aliphatic heterocycles. The molecule has 0 saturated carbocycles. The van der Waals surface area contributed by atoms with E-state index in [1.165, 1.54) is 7.11 Å². The average molecular weight is 459 g/mol. The molecule has 0 saturated heterocycles. The summed E-state index contributed by atoms with van der Waals surface area (Å²) in [5, 5.41) is 2.24. The van der Waals surface area contributed by atoms with Gasteiger partial charge in [-0.1, -0.05) is 36.4 Å². The summed E-state index contributed by atoms with van der Waals surface area (Å²) in [6, 6.07) is 17.7. The Morgan fingerprint density at radius 3 is 2.52 bits per heavy atom. The number of esters is 1. The summed E-state index contributed by atoms with van der Waals surface area (Å²) in [6.45, 7) is 0. The van der Waals surface area contributed by atoms with Gasteiger partial charge in [-0.15, -0.1) is 0 Å². The smallest absolute Gasteiger partial charge is 0.338 e. The van der Waals surface area contributed by atoms with Crippen molar-refractivity contribution in [1.82, 2.24) is 4.98 Å². The third-order valence-corrected chi connectivity index (χ3v) is 6.28. The molecule has 0 bridgehead atoms. The summed E-state index contributed by atoms with van der Waals surface area (Å²) in [4.78, 5) is 15.7. The number of ether oxygens (including phenoxy) is 1. The summed E-state index contributed by atoms with van der Waals surface area (Å²) < 4.78 is 6.78. The van der Waals surface area contributed by atoms with E-state index in [0.717, 1.165) is 41.9 Å². The van der Waals surface area contributed by atoms with E-state index in [9.17, 15) is 4.79 Å². The van der Waals surface area contributed by atoms with Crippen LogP contribution in [0.3, 0.4) is 0 Å². The van der Waals surface area contributed by atoms with Gasteiger partial charge in [-0.2, -0.15) is 0 Å². The number of fused-ring (bicyclic) bond motifs is 3. The van der Waals surface area contributed by atoms with Gasteiger partial charge in [0.25, 0.3) is 0 Å². The molecule has 0 radical (unpaired) electrons. The maximum Gasteiger partial charge on any atom is 0.338 e. The number of carbonyl (C=O) groups excluding carboxylic acids is 1. The zero-order valence-corrected chi connectivity index (χ0v) is 16.4. The van der Waals surface area contributed by atoms with E-state index in [4.69, 9.17) is 4.74 Å². The van der Waals surface area contributed by atoms with Gasteiger partial charge in [0.1, 0.15) is 0 Å². The van der Waals surface area contributed by atoms with Gasteiger partial charge in [-0.25, -0.2) is 4.79 Å². The third kappa shape index (κ3) is 2.58. The minimum atomic E-state index is -0.355. The van der Waals surface area contributed by atoms with Gasteiger partial charge in [0.2, 0.25) is 0 Å². The Hall–Kier alpha value is -2.11. The molecule has 1 aromatic heterocycles. The van der Waals surface area contributed by atoms with Crippen LogP contribution in [0.4, 0.5) is 0 Å². The van der Waals surface area contributed by atoms with E-state index in [2.05, 4.69) is 49.0 Å². The van der Waals surface area contributed by atoms with E-state index in [1.807, 2.05) is 36.4 Å². The Morgan fingerprint density at radius 2 is 1.72 bits per heavy atom. The zero-order valence-electron chi connectivity index (χ0n) is 13.3. The molecule has 0 amide bonds. The van der Waals surface area contributed by atoms with Crippen LogP contribution in [0.15, 0.2) is 63.5 Å². The molecule has 4 rings (SSSR count). The highest BCUT2D eigenvalue weighted by Gasteiger charge is 2.20. The summed E-state index contributed by atoms with van der Waals surface area (Å²) in [5.41, 5.74) is 4.32. The fourth-order valence-corrected chi connectivity index (χ4v) is 4.13. The molecule has 124 valence electrons. The molecule has 1 heterocycles. The quantitative estimate of drug-likeness (QED) is 0.358. The van der Waals surface area contributed by atoms with E-state index in [0.29, 0.717) is 5.56 Å². The number of H-pyrrole nitrogens is 1. The number of para-hydroxylation sites is 1. The molecule has 0 unspecified atom stereocenters. The number of hydrogen-bond acceptors (Lipinski definition) is 2. The SMILES string of the molecule is COC(=O)c1ccccc1-c1c(Br)c(Br)cc2c1[nH]c1ccccc12. The van der Waals surface area contributed by atoms with Crippen molar-refractivity contribution < 1.29 is 9.53 Å². The Bertz CT molecular complexity index is 1130. The van der Waals surface area contributed by atoms with E-state index < -0.39 is 0 Å². The molecule has 0 fully saturated rings. The maximum atomic E-state index is 12.3. The van der Waals surface area contributed by atoms with E-state index in [1.54, 1.807) is 6.07 Å². The fraction of sp³-hybridized carbons (Fsp3) is 0.0500. The first-order valence-corrected chi connectivity index (χ1v) is 9.26. The molecule has 3 aromatic carbocycles. The van der Waals surface area contributed by atoms with Crippen molar-refractivity contribution in [3.05, 3.63) is 69.1 Å². The van der Waals surface area contributed by atoms with Crippen molar-refractivity contribution in [1.29, 1.82) is 0 Å². The standard InChI is InChI=1S/C20H13Br2NO2/c1-25-20(24)13-8-3-2-7-12(13)17-18(22)15(21)10-14-11-6-4-5-9-16(11)23-19(14)17/h2-10,23H,1H3. The van der Waals surface area contributed by atoms with Gasteiger partial charge >= 0.3 is 5.97 Å². The number of methoxy groups -OCH3 is 1. The normalized spacial score (nSPS) is 11.2. The highest BCUT2D eigenvalue weighted by Crippen LogP contribution is 2.43. The molecule has 4 aromatic rings. The van der Waals surface area contributed by atoms with Gasteiger partial charge in [-0.3, -0.25) is 0 Å². The van der Waals surface area contributed by atoms with Crippen LogP contribution in [0.5, 0.6) is 0 Å². The molecular formula is C20H13Br2NO2. The number of rotatable bonds is 2. The highest BCUT2D eigenvalue weighted by molar-refractivity contribution is 9.13. The zero-order chi connectivity index (χ0) is 17.6. The first kappa shape index (κ1) is 16.4. The molecule has 3 nitrogen and oxygen atoms in total. The number of hydrogen-bond donors (Lipinski definition) is 1. The highest BCUT2D eigenvalue weighted by atomic mass is 79.9. The lowest BCUT2D eigenvalue weighted by Crippen LogP contribution is -2.03. The minimum Gasteiger partial charge on any atom is -0.465 e. The molecule has 5 heteroatoms. The molecule has 0 aliphatic carbocycles. The predicted octanol–water partition coefficient (Wildman–Crippen LogP) is 6.30. The van der Waals surface area contributed by atoms with Crippen molar-refractivity contribution in [2.45, 2.75) is 0 Å². The van der Waals surface area contributed by atoms with Gasteiger partial charge in [-0.05, 0) is 55.6 Å². The van der Waals surface area contributed by atoms with Gasteiger partial charge in [0.15, 0.2) is 0 Å². The molecule has 0 atom stereocenters. The first-order valence-electron chi connectivity index (χ1n) is 7.68. The van der Waals surface area contributed by atoms with Gasteiger partial charge in [0.05, 0.1) is 18.2 Å². The molecule has 0 spiro atoms. The topological polar surface area (TPSA) is 42.1 Å².